The summed E-state index contributed by atoms with van der Waals surface area (Å²) in [4.78, 5) is 31.8. The summed E-state index contributed by atoms with van der Waals surface area (Å²) in [5.74, 6) is 0.291. The number of rotatable bonds is 7. The zero-order valence-corrected chi connectivity index (χ0v) is 15.0. The number of hydrogen-bond donors (Lipinski definition) is 1. The smallest absolute Gasteiger partial charge is 0.245 e. The standard InChI is InChI=1S/C17H26N4O4/c1-13(22)21-7-8-24-12-15(21)17(23)19-10-14-4-5-18-11-16(14)25-9-6-20(2)3/h4-5,11,15H,6-10,12H2,1-3H3,(H,19,23). The number of aromatic nitrogens is 1. The molecule has 1 fully saturated rings. The first-order valence-corrected chi connectivity index (χ1v) is 8.32. The predicted molar refractivity (Wildman–Crippen MR) is 92.1 cm³/mol. The predicted octanol–water partition coefficient (Wildman–Crippen LogP) is -0.114. The zero-order valence-electron chi connectivity index (χ0n) is 15.0. The lowest BCUT2D eigenvalue weighted by Gasteiger charge is -2.33. The van der Waals surface area contributed by atoms with Gasteiger partial charge in [-0.05, 0) is 20.2 Å². The molecule has 0 bridgehead atoms. The Morgan fingerprint density at radius 3 is 3.00 bits per heavy atom. The second-order valence-electron chi connectivity index (χ2n) is 6.16. The number of likely N-dealkylation sites (N-methyl/N-ethyl adjacent to an activating group) is 1. The lowest BCUT2D eigenvalue weighted by atomic mass is 10.2. The number of carbonyl (C=O) groups excluding carboxylic acids is 2. The van der Waals surface area contributed by atoms with Crippen LogP contribution in [0.25, 0.3) is 0 Å². The summed E-state index contributed by atoms with van der Waals surface area (Å²) in [5, 5.41) is 2.86. The first kappa shape index (κ1) is 19.1. The van der Waals surface area contributed by atoms with Gasteiger partial charge in [-0.3, -0.25) is 14.6 Å². The SMILES string of the molecule is CC(=O)N1CCOCC1C(=O)NCc1ccncc1OCCN(C)C. The fourth-order valence-electron chi connectivity index (χ4n) is 2.52. The van der Waals surface area contributed by atoms with Gasteiger partial charge in [-0.15, -0.1) is 0 Å². The molecular formula is C17H26N4O4. The summed E-state index contributed by atoms with van der Waals surface area (Å²) in [6.45, 7) is 4.20. The molecule has 1 aromatic rings. The Hall–Kier alpha value is -2.19. The number of ether oxygens (including phenoxy) is 2. The van der Waals surface area contributed by atoms with Gasteiger partial charge in [-0.25, -0.2) is 0 Å². The molecule has 8 heteroatoms. The van der Waals surface area contributed by atoms with Crippen LogP contribution in [0.15, 0.2) is 18.5 Å². The molecule has 2 heterocycles. The van der Waals surface area contributed by atoms with Crippen molar-refractivity contribution in [3.05, 3.63) is 24.0 Å². The van der Waals surface area contributed by atoms with E-state index in [9.17, 15) is 9.59 Å². The Balaban J connectivity index is 1.93. The van der Waals surface area contributed by atoms with Crippen molar-refractivity contribution in [1.82, 2.24) is 20.1 Å². The molecule has 1 saturated heterocycles. The Morgan fingerprint density at radius 2 is 2.28 bits per heavy atom. The average Bonchev–Trinajstić information content (AvgIpc) is 2.60. The third kappa shape index (κ3) is 5.68. The normalized spacial score (nSPS) is 17.4. The largest absolute Gasteiger partial charge is 0.490 e. The van der Waals surface area contributed by atoms with E-state index in [1.165, 1.54) is 6.92 Å². The molecule has 0 aromatic carbocycles. The summed E-state index contributed by atoms with van der Waals surface area (Å²) >= 11 is 0. The van der Waals surface area contributed by atoms with Crippen LogP contribution in [0.2, 0.25) is 0 Å². The molecule has 2 amide bonds. The van der Waals surface area contributed by atoms with Crippen molar-refractivity contribution in [2.45, 2.75) is 19.5 Å². The van der Waals surface area contributed by atoms with Gasteiger partial charge in [-0.1, -0.05) is 0 Å². The van der Waals surface area contributed by atoms with Crippen molar-refractivity contribution >= 4 is 11.8 Å². The van der Waals surface area contributed by atoms with Crippen molar-refractivity contribution in [3.63, 3.8) is 0 Å². The lowest BCUT2D eigenvalue weighted by molar-refractivity contribution is -0.147. The molecule has 25 heavy (non-hydrogen) atoms. The molecule has 138 valence electrons. The number of carbonyl (C=O) groups is 2. The van der Waals surface area contributed by atoms with Crippen molar-refractivity contribution in [2.24, 2.45) is 0 Å². The van der Waals surface area contributed by atoms with Gasteiger partial charge in [0.05, 0.1) is 19.4 Å². The fourth-order valence-corrected chi connectivity index (χ4v) is 2.52. The highest BCUT2D eigenvalue weighted by Crippen LogP contribution is 2.16. The number of amides is 2. The van der Waals surface area contributed by atoms with E-state index in [1.807, 2.05) is 25.1 Å². The van der Waals surface area contributed by atoms with Gasteiger partial charge in [-0.2, -0.15) is 0 Å². The van der Waals surface area contributed by atoms with Crippen LogP contribution in [0, 0.1) is 0 Å². The fraction of sp³-hybridized carbons (Fsp3) is 0.588. The molecule has 2 rings (SSSR count). The van der Waals surface area contributed by atoms with E-state index in [-0.39, 0.29) is 18.4 Å². The zero-order chi connectivity index (χ0) is 18.2. The maximum atomic E-state index is 12.5. The van der Waals surface area contributed by atoms with Gasteiger partial charge in [0.15, 0.2) is 0 Å². The quantitative estimate of drug-likeness (QED) is 0.738. The molecular weight excluding hydrogens is 324 g/mol. The molecule has 1 atom stereocenters. The molecule has 1 aromatic heterocycles. The number of morpholine rings is 1. The van der Waals surface area contributed by atoms with Crippen LogP contribution in [0.5, 0.6) is 5.75 Å². The summed E-state index contributed by atoms with van der Waals surface area (Å²) in [5.41, 5.74) is 0.841. The number of nitrogens with zero attached hydrogens (tertiary/aromatic N) is 3. The summed E-state index contributed by atoms with van der Waals surface area (Å²) < 4.78 is 11.1. The molecule has 1 unspecified atom stereocenters. The van der Waals surface area contributed by atoms with E-state index in [0.29, 0.717) is 32.1 Å². The molecule has 0 radical (unpaired) electrons. The highest BCUT2D eigenvalue weighted by molar-refractivity contribution is 5.87. The van der Waals surface area contributed by atoms with Gasteiger partial charge < -0.3 is 24.6 Å². The Bertz CT molecular complexity index is 594. The number of hydrogen-bond acceptors (Lipinski definition) is 6. The van der Waals surface area contributed by atoms with Crippen LogP contribution in [-0.4, -0.2) is 79.6 Å². The average molecular weight is 350 g/mol. The maximum Gasteiger partial charge on any atom is 0.245 e. The second-order valence-corrected chi connectivity index (χ2v) is 6.16. The van der Waals surface area contributed by atoms with E-state index < -0.39 is 6.04 Å². The van der Waals surface area contributed by atoms with Crippen molar-refractivity contribution in [1.29, 1.82) is 0 Å². The molecule has 8 nitrogen and oxygen atoms in total. The Labute approximate surface area is 148 Å². The first-order chi connectivity index (χ1) is 12.0. The minimum atomic E-state index is -0.591. The first-order valence-electron chi connectivity index (χ1n) is 8.32. The molecule has 1 aliphatic rings. The summed E-state index contributed by atoms with van der Waals surface area (Å²) in [6.07, 6.45) is 3.30. The number of pyridine rings is 1. The molecule has 1 N–H and O–H groups in total. The van der Waals surface area contributed by atoms with Crippen molar-refractivity contribution < 1.29 is 19.1 Å². The third-order valence-corrected chi connectivity index (χ3v) is 3.95. The monoisotopic (exact) mass is 350 g/mol. The second kappa shape index (κ2) is 9.33. The van der Waals surface area contributed by atoms with E-state index in [1.54, 1.807) is 17.3 Å². The minimum absolute atomic E-state index is 0.125. The van der Waals surface area contributed by atoms with Gasteiger partial charge in [0.1, 0.15) is 18.4 Å². The lowest BCUT2D eigenvalue weighted by Crippen LogP contribution is -2.55. The Morgan fingerprint density at radius 1 is 1.48 bits per heavy atom. The highest BCUT2D eigenvalue weighted by atomic mass is 16.5. The van der Waals surface area contributed by atoms with Crippen LogP contribution in [0.3, 0.4) is 0 Å². The maximum absolute atomic E-state index is 12.5. The van der Waals surface area contributed by atoms with E-state index >= 15 is 0 Å². The van der Waals surface area contributed by atoms with Crippen molar-refractivity contribution in [3.8, 4) is 5.75 Å². The summed E-state index contributed by atoms with van der Waals surface area (Å²) in [6, 6.07) is 1.22. The van der Waals surface area contributed by atoms with Crippen LogP contribution >= 0.6 is 0 Å². The summed E-state index contributed by atoms with van der Waals surface area (Å²) in [7, 11) is 3.95. The molecule has 0 saturated carbocycles. The van der Waals surface area contributed by atoms with Crippen LogP contribution in [0.1, 0.15) is 12.5 Å². The van der Waals surface area contributed by atoms with E-state index in [4.69, 9.17) is 9.47 Å². The third-order valence-electron chi connectivity index (χ3n) is 3.95. The highest BCUT2D eigenvalue weighted by Gasteiger charge is 2.30. The van der Waals surface area contributed by atoms with Gasteiger partial charge in [0.2, 0.25) is 11.8 Å². The van der Waals surface area contributed by atoms with Crippen molar-refractivity contribution in [2.75, 3.05) is 47.0 Å². The van der Waals surface area contributed by atoms with Gasteiger partial charge >= 0.3 is 0 Å². The van der Waals surface area contributed by atoms with Crippen LogP contribution in [0.4, 0.5) is 0 Å². The van der Waals surface area contributed by atoms with Crippen LogP contribution < -0.4 is 10.1 Å². The van der Waals surface area contributed by atoms with Gasteiger partial charge in [0, 0.05) is 38.3 Å². The minimum Gasteiger partial charge on any atom is -0.490 e. The van der Waals surface area contributed by atoms with Gasteiger partial charge in [0.25, 0.3) is 0 Å². The Kier molecular flexibility index (Phi) is 7.15. The van der Waals surface area contributed by atoms with E-state index in [0.717, 1.165) is 12.1 Å². The topological polar surface area (TPSA) is 84.0 Å². The molecule has 0 spiro atoms. The van der Waals surface area contributed by atoms with Crippen LogP contribution in [-0.2, 0) is 20.9 Å². The number of nitrogens with one attached hydrogen (secondary N) is 1. The molecule has 0 aliphatic carbocycles. The molecule has 1 aliphatic heterocycles. The van der Waals surface area contributed by atoms with E-state index in [2.05, 4.69) is 10.3 Å².